The number of rotatable bonds is 8. The molecule has 0 radical (unpaired) electrons. The van der Waals surface area contributed by atoms with Crippen LogP contribution in [0.1, 0.15) is 27.7 Å². The zero-order chi connectivity index (χ0) is 19.2. The molecule has 0 unspecified atom stereocenters. The quantitative estimate of drug-likeness (QED) is 0.328. The fourth-order valence-corrected chi connectivity index (χ4v) is 1.89. The van der Waals surface area contributed by atoms with E-state index in [1.54, 1.807) is 19.5 Å². The van der Waals surface area contributed by atoms with Gasteiger partial charge in [0.15, 0.2) is 0 Å². The third-order valence-electron chi connectivity index (χ3n) is 3.18. The summed E-state index contributed by atoms with van der Waals surface area (Å²) >= 11 is 0. The van der Waals surface area contributed by atoms with Crippen LogP contribution in [0.15, 0.2) is 91.6 Å². The molecule has 0 fully saturated rings. The summed E-state index contributed by atoms with van der Waals surface area (Å²) in [5.74, 6) is 0.676. The van der Waals surface area contributed by atoms with Gasteiger partial charge < -0.3 is 0 Å². The molecule has 0 aliphatic carbocycles. The first-order valence-corrected chi connectivity index (χ1v) is 7.98. The number of nitrogens with zero attached hydrogens (tertiary/aromatic N) is 4. The molecule has 0 aromatic carbocycles. The highest BCUT2D eigenvalue weighted by Crippen LogP contribution is 2.27. The van der Waals surface area contributed by atoms with Gasteiger partial charge in [-0.3, -0.25) is 15.0 Å². The molecule has 0 aliphatic heterocycles. The Hall–Kier alpha value is -2.88. The van der Waals surface area contributed by atoms with Gasteiger partial charge in [0.25, 0.3) is 0 Å². The van der Waals surface area contributed by atoms with Crippen LogP contribution in [0.25, 0.3) is 0 Å². The molecule has 132 valence electrons. The lowest BCUT2D eigenvalue weighted by Gasteiger charge is -2.12. The Morgan fingerprint density at radius 3 is 2.16 bits per heavy atom. The summed E-state index contributed by atoms with van der Waals surface area (Å²) in [5, 5.41) is 0. The van der Waals surface area contributed by atoms with Crippen LogP contribution in [-0.2, 0) is 0 Å². The number of amidine groups is 1. The molecule has 4 nitrogen and oxygen atoms in total. The van der Waals surface area contributed by atoms with E-state index in [4.69, 9.17) is 0 Å². The average Bonchev–Trinajstić information content (AvgIpc) is 2.61. The Labute approximate surface area is 151 Å². The lowest BCUT2D eigenvalue weighted by molar-refractivity contribution is 1.22. The molecule has 0 aromatic rings. The maximum atomic E-state index is 4.31. The third kappa shape index (κ3) is 7.48. The maximum absolute atomic E-state index is 4.31. The van der Waals surface area contributed by atoms with Crippen LogP contribution in [0.2, 0.25) is 0 Å². The van der Waals surface area contributed by atoms with Gasteiger partial charge in [-0.2, -0.15) is 0 Å². The highest BCUT2D eigenvalue weighted by atomic mass is 14.9. The minimum Gasteiger partial charge on any atom is -0.274 e. The van der Waals surface area contributed by atoms with Crippen molar-refractivity contribution in [2.24, 2.45) is 20.0 Å². The van der Waals surface area contributed by atoms with Crippen molar-refractivity contribution in [3.8, 4) is 0 Å². The standard InChI is InChI=1S/C21H28N4/c1-9-12-14-24-17(5)21(23-8)20(13-10-2)19(11-3)16(4)15-25-18(6)22-7/h9-15H,4-5,8H2,1-3,6-7H3/b12-9-,13-10-,19-11-,21-20+,22-18-,24-14-,25-15-. The molecule has 0 atom stereocenters. The topological polar surface area (TPSA) is 49.4 Å². The fourth-order valence-electron chi connectivity index (χ4n) is 1.89. The van der Waals surface area contributed by atoms with Crippen molar-refractivity contribution in [2.75, 3.05) is 7.05 Å². The van der Waals surface area contributed by atoms with Crippen molar-refractivity contribution in [1.82, 2.24) is 0 Å². The van der Waals surface area contributed by atoms with Crippen molar-refractivity contribution in [2.45, 2.75) is 27.7 Å². The van der Waals surface area contributed by atoms with Crippen LogP contribution >= 0.6 is 0 Å². The lowest BCUT2D eigenvalue weighted by atomic mass is 9.96. The van der Waals surface area contributed by atoms with Crippen LogP contribution in [0.4, 0.5) is 0 Å². The summed E-state index contributed by atoms with van der Waals surface area (Å²) in [6.45, 7) is 19.4. The van der Waals surface area contributed by atoms with Crippen molar-refractivity contribution in [1.29, 1.82) is 0 Å². The van der Waals surface area contributed by atoms with E-state index in [1.807, 2.05) is 58.1 Å². The molecule has 0 heterocycles. The summed E-state index contributed by atoms with van der Waals surface area (Å²) in [5.41, 5.74) is 3.59. The predicted octanol–water partition coefficient (Wildman–Crippen LogP) is 5.30. The molecule has 0 N–H and O–H groups in total. The Bertz CT molecular complexity index is 708. The van der Waals surface area contributed by atoms with Gasteiger partial charge in [-0.25, -0.2) is 4.99 Å². The molecule has 0 rings (SSSR count). The van der Waals surface area contributed by atoms with E-state index in [-0.39, 0.29) is 0 Å². The Balaban J connectivity index is 6.10. The smallest absolute Gasteiger partial charge is 0.119 e. The second kappa shape index (κ2) is 12.5. The minimum atomic E-state index is 0.525. The molecule has 25 heavy (non-hydrogen) atoms. The van der Waals surface area contributed by atoms with Crippen molar-refractivity contribution < 1.29 is 0 Å². The highest BCUT2D eigenvalue weighted by Gasteiger charge is 2.12. The number of hydrogen-bond acceptors (Lipinski definition) is 3. The van der Waals surface area contributed by atoms with E-state index in [0.717, 1.165) is 16.7 Å². The molecular formula is C21H28N4. The summed E-state index contributed by atoms with van der Waals surface area (Å²) in [4.78, 5) is 16.7. The monoisotopic (exact) mass is 336 g/mol. The van der Waals surface area contributed by atoms with Gasteiger partial charge in [0.05, 0.1) is 11.4 Å². The number of allylic oxidation sites excluding steroid dienone is 8. The van der Waals surface area contributed by atoms with E-state index >= 15 is 0 Å². The van der Waals surface area contributed by atoms with Gasteiger partial charge in [-0.15, -0.1) is 0 Å². The highest BCUT2D eigenvalue weighted by molar-refractivity contribution is 5.96. The molecule has 0 amide bonds. The second-order valence-corrected chi connectivity index (χ2v) is 4.93. The largest absolute Gasteiger partial charge is 0.274 e. The first-order valence-electron chi connectivity index (χ1n) is 7.98. The Kier molecular flexibility index (Phi) is 11.1. The summed E-state index contributed by atoms with van der Waals surface area (Å²) < 4.78 is 0. The van der Waals surface area contributed by atoms with Crippen LogP contribution in [0.3, 0.4) is 0 Å². The van der Waals surface area contributed by atoms with Gasteiger partial charge in [-0.05, 0) is 51.6 Å². The van der Waals surface area contributed by atoms with E-state index in [2.05, 4.69) is 39.8 Å². The molecule has 0 aromatic heterocycles. The maximum Gasteiger partial charge on any atom is 0.119 e. The molecule has 0 bridgehead atoms. The van der Waals surface area contributed by atoms with Gasteiger partial charge in [0, 0.05) is 25.0 Å². The normalized spacial score (nSPS) is 14.8. The van der Waals surface area contributed by atoms with E-state index in [1.165, 1.54) is 0 Å². The fraction of sp³-hybridized carbons (Fsp3) is 0.238. The molecular weight excluding hydrogens is 308 g/mol. The first-order chi connectivity index (χ1) is 12.0. The van der Waals surface area contributed by atoms with Gasteiger partial charge in [0.2, 0.25) is 0 Å². The van der Waals surface area contributed by atoms with Crippen molar-refractivity contribution >= 4 is 25.0 Å². The average molecular weight is 336 g/mol. The van der Waals surface area contributed by atoms with Crippen molar-refractivity contribution in [3.05, 3.63) is 71.7 Å². The van der Waals surface area contributed by atoms with Crippen LogP contribution in [0, 0.1) is 0 Å². The van der Waals surface area contributed by atoms with Crippen LogP contribution in [0.5, 0.6) is 0 Å². The summed E-state index contributed by atoms with van der Waals surface area (Å²) in [6, 6.07) is 0. The van der Waals surface area contributed by atoms with Gasteiger partial charge in [-0.1, -0.05) is 37.5 Å². The van der Waals surface area contributed by atoms with E-state index in [0.29, 0.717) is 17.2 Å². The molecule has 0 saturated carbocycles. The van der Waals surface area contributed by atoms with E-state index in [9.17, 15) is 0 Å². The Morgan fingerprint density at radius 2 is 1.68 bits per heavy atom. The predicted molar refractivity (Wildman–Crippen MR) is 114 cm³/mol. The van der Waals surface area contributed by atoms with Gasteiger partial charge >= 0.3 is 0 Å². The molecule has 0 aliphatic rings. The van der Waals surface area contributed by atoms with Gasteiger partial charge in [0.1, 0.15) is 5.84 Å². The number of hydrogen-bond donors (Lipinski definition) is 0. The molecule has 0 spiro atoms. The molecule has 4 heteroatoms. The Morgan fingerprint density at radius 1 is 1.00 bits per heavy atom. The second-order valence-electron chi connectivity index (χ2n) is 4.93. The minimum absolute atomic E-state index is 0.525. The SMILES string of the molecule is C=N/C(C(=C)/N=C\C=C/C)=C(\C=C/C)C(=C\C)/C(=C)/C=N\C(C)=N/C. The molecule has 0 saturated heterocycles. The van der Waals surface area contributed by atoms with Crippen LogP contribution < -0.4 is 0 Å². The van der Waals surface area contributed by atoms with E-state index < -0.39 is 0 Å². The zero-order valence-electron chi connectivity index (χ0n) is 16.0. The summed E-state index contributed by atoms with van der Waals surface area (Å²) in [7, 11) is 1.70. The first kappa shape index (κ1) is 22.1. The zero-order valence-corrected chi connectivity index (χ0v) is 16.0. The van der Waals surface area contributed by atoms with Crippen LogP contribution in [-0.4, -0.2) is 32.0 Å². The third-order valence-corrected chi connectivity index (χ3v) is 3.18. The lowest BCUT2D eigenvalue weighted by Crippen LogP contribution is -1.99. The summed E-state index contributed by atoms with van der Waals surface area (Å²) in [6.07, 6.45) is 12.9. The van der Waals surface area contributed by atoms with Crippen molar-refractivity contribution in [3.63, 3.8) is 0 Å². The number of aliphatic imine (C=N–C) groups is 4.